The van der Waals surface area contributed by atoms with Gasteiger partial charge in [-0.3, -0.25) is 14.9 Å². The number of carbonyl (C=O) groups excluding carboxylic acids is 3. The van der Waals surface area contributed by atoms with Crippen molar-refractivity contribution in [3.63, 3.8) is 0 Å². The number of halogens is 1. The molecule has 0 aliphatic carbocycles. The Kier molecular flexibility index (Phi) is 7.78. The number of urea groups is 1. The molecule has 0 spiro atoms. The first-order valence-electron chi connectivity index (χ1n) is 11.8. The van der Waals surface area contributed by atoms with Crippen LogP contribution in [0.25, 0.3) is 6.08 Å². The third-order valence-corrected chi connectivity index (χ3v) is 6.71. The van der Waals surface area contributed by atoms with Crippen LogP contribution in [0.3, 0.4) is 0 Å². The molecule has 1 saturated heterocycles. The van der Waals surface area contributed by atoms with Gasteiger partial charge in [0, 0.05) is 4.47 Å². The van der Waals surface area contributed by atoms with Gasteiger partial charge >= 0.3 is 6.03 Å². The number of amides is 4. The van der Waals surface area contributed by atoms with Gasteiger partial charge in [0.15, 0.2) is 11.5 Å². The van der Waals surface area contributed by atoms with E-state index in [4.69, 9.17) is 9.47 Å². The Hall–Kier alpha value is -3.91. The number of ether oxygens (including phenoxy) is 2. The van der Waals surface area contributed by atoms with Crippen molar-refractivity contribution in [3.05, 3.63) is 92.5 Å². The van der Waals surface area contributed by atoms with Crippen LogP contribution >= 0.6 is 15.9 Å². The zero-order valence-corrected chi connectivity index (χ0v) is 22.6. The molecule has 4 amide bonds. The molecular weight excluding hydrogens is 536 g/mol. The maximum atomic E-state index is 13.3. The Labute approximate surface area is 224 Å². The number of nitrogens with zero attached hydrogens (tertiary/aromatic N) is 1. The van der Waals surface area contributed by atoms with E-state index in [0.29, 0.717) is 40.4 Å². The molecule has 0 aromatic heterocycles. The quantitative estimate of drug-likeness (QED) is 0.281. The van der Waals surface area contributed by atoms with Crippen molar-refractivity contribution < 1.29 is 23.9 Å². The van der Waals surface area contributed by atoms with E-state index in [1.165, 1.54) is 6.08 Å². The summed E-state index contributed by atoms with van der Waals surface area (Å²) < 4.78 is 12.4. The van der Waals surface area contributed by atoms with Crippen LogP contribution in [0.5, 0.6) is 11.5 Å². The van der Waals surface area contributed by atoms with Crippen LogP contribution in [0, 0.1) is 20.8 Å². The number of carbonyl (C=O) groups is 3. The molecule has 8 heteroatoms. The monoisotopic (exact) mass is 562 g/mol. The minimum Gasteiger partial charge on any atom is -0.490 e. The van der Waals surface area contributed by atoms with Gasteiger partial charge < -0.3 is 9.47 Å². The molecular formula is C29H27BrN2O5. The first-order valence-corrected chi connectivity index (χ1v) is 12.6. The Morgan fingerprint density at radius 3 is 2.27 bits per heavy atom. The summed E-state index contributed by atoms with van der Waals surface area (Å²) in [5, 5.41) is 2.26. The fourth-order valence-electron chi connectivity index (χ4n) is 3.80. The van der Waals surface area contributed by atoms with E-state index in [9.17, 15) is 14.4 Å². The van der Waals surface area contributed by atoms with E-state index in [1.54, 1.807) is 24.3 Å². The van der Waals surface area contributed by atoms with Gasteiger partial charge in [-0.1, -0.05) is 51.8 Å². The molecule has 0 bridgehead atoms. The average Bonchev–Trinajstić information content (AvgIpc) is 2.85. The Balaban J connectivity index is 1.66. The first-order chi connectivity index (χ1) is 17.7. The third kappa shape index (κ3) is 5.75. The van der Waals surface area contributed by atoms with E-state index in [-0.39, 0.29) is 5.57 Å². The predicted molar refractivity (Wildman–Crippen MR) is 146 cm³/mol. The number of rotatable bonds is 7. The summed E-state index contributed by atoms with van der Waals surface area (Å²) in [7, 11) is 0. The largest absolute Gasteiger partial charge is 0.490 e. The van der Waals surface area contributed by atoms with Crippen LogP contribution < -0.4 is 19.7 Å². The van der Waals surface area contributed by atoms with Gasteiger partial charge in [-0.25, -0.2) is 9.69 Å². The minimum absolute atomic E-state index is 0.172. The van der Waals surface area contributed by atoms with Crippen molar-refractivity contribution in [3.8, 4) is 11.5 Å². The number of imide groups is 2. The molecule has 4 rings (SSSR count). The number of hydrogen-bond donors (Lipinski definition) is 1. The van der Waals surface area contributed by atoms with Crippen LogP contribution in [0.4, 0.5) is 10.5 Å². The lowest BCUT2D eigenvalue weighted by Gasteiger charge is -2.27. The molecule has 3 aromatic carbocycles. The molecule has 3 aromatic rings. The number of benzene rings is 3. The summed E-state index contributed by atoms with van der Waals surface area (Å²) in [6, 6.07) is 15.9. The van der Waals surface area contributed by atoms with Gasteiger partial charge in [-0.2, -0.15) is 0 Å². The molecule has 1 heterocycles. The first kappa shape index (κ1) is 26.2. The molecule has 1 fully saturated rings. The normalized spacial score (nSPS) is 14.7. The van der Waals surface area contributed by atoms with E-state index >= 15 is 0 Å². The molecule has 1 N–H and O–H groups in total. The summed E-state index contributed by atoms with van der Waals surface area (Å²) in [5.41, 5.74) is 4.86. The highest BCUT2D eigenvalue weighted by molar-refractivity contribution is 9.10. The van der Waals surface area contributed by atoms with Gasteiger partial charge in [0.1, 0.15) is 12.2 Å². The SMILES string of the molecule is CCOc1cc(/C=C2\C(=O)NC(=O)N(c3ccc(C)c(C)c3)C2=O)c(Br)cc1OCc1ccc(C)cc1. The lowest BCUT2D eigenvalue weighted by atomic mass is 10.0. The summed E-state index contributed by atoms with van der Waals surface area (Å²) >= 11 is 3.52. The molecule has 1 aliphatic heterocycles. The molecule has 190 valence electrons. The van der Waals surface area contributed by atoms with Crippen LogP contribution in [0.1, 0.15) is 34.7 Å². The number of aryl methyl sites for hydroxylation is 3. The molecule has 0 saturated carbocycles. The summed E-state index contributed by atoms with van der Waals surface area (Å²) in [6.07, 6.45) is 1.44. The second-order valence-electron chi connectivity index (χ2n) is 8.75. The van der Waals surface area contributed by atoms with Crippen molar-refractivity contribution in [2.24, 2.45) is 0 Å². The van der Waals surface area contributed by atoms with Crippen LogP contribution in [0.15, 0.2) is 64.6 Å². The number of nitrogens with one attached hydrogen (secondary N) is 1. The second kappa shape index (κ2) is 11.0. The Bertz CT molecular complexity index is 1410. The topological polar surface area (TPSA) is 84.9 Å². The molecule has 37 heavy (non-hydrogen) atoms. The third-order valence-electron chi connectivity index (χ3n) is 6.03. The highest BCUT2D eigenvalue weighted by Gasteiger charge is 2.37. The van der Waals surface area contributed by atoms with E-state index < -0.39 is 17.8 Å². The zero-order valence-electron chi connectivity index (χ0n) is 21.1. The van der Waals surface area contributed by atoms with Crippen LogP contribution in [-0.2, 0) is 16.2 Å². The fourth-order valence-corrected chi connectivity index (χ4v) is 4.24. The number of anilines is 1. The van der Waals surface area contributed by atoms with E-state index in [1.807, 2.05) is 58.0 Å². The number of hydrogen-bond acceptors (Lipinski definition) is 5. The second-order valence-corrected chi connectivity index (χ2v) is 9.61. The zero-order chi connectivity index (χ0) is 26.7. The Morgan fingerprint density at radius 1 is 0.892 bits per heavy atom. The standard InChI is InChI=1S/C29H27BrN2O5/c1-5-36-25-14-21(24(30)15-26(25)37-16-20-9-6-17(2)7-10-20)13-23-27(33)31-29(35)32(28(23)34)22-11-8-18(3)19(4)12-22/h6-15H,5,16H2,1-4H3,(H,31,33,35)/b23-13+. The Morgan fingerprint density at radius 2 is 1.59 bits per heavy atom. The smallest absolute Gasteiger partial charge is 0.335 e. The minimum atomic E-state index is -0.788. The van der Waals surface area contributed by atoms with Gasteiger partial charge in [0.25, 0.3) is 11.8 Å². The van der Waals surface area contributed by atoms with Crippen molar-refractivity contribution in [2.75, 3.05) is 11.5 Å². The molecule has 0 radical (unpaired) electrons. The van der Waals surface area contributed by atoms with Crippen molar-refractivity contribution in [1.82, 2.24) is 5.32 Å². The van der Waals surface area contributed by atoms with Crippen LogP contribution in [-0.4, -0.2) is 24.5 Å². The van der Waals surface area contributed by atoms with Crippen molar-refractivity contribution >= 4 is 45.5 Å². The van der Waals surface area contributed by atoms with Gasteiger partial charge in [0.05, 0.1) is 12.3 Å². The summed E-state index contributed by atoms with van der Waals surface area (Å²) in [5.74, 6) is -0.487. The molecule has 0 atom stereocenters. The summed E-state index contributed by atoms with van der Waals surface area (Å²) in [6.45, 7) is 8.45. The van der Waals surface area contributed by atoms with Crippen molar-refractivity contribution in [1.29, 1.82) is 0 Å². The van der Waals surface area contributed by atoms with Crippen molar-refractivity contribution in [2.45, 2.75) is 34.3 Å². The van der Waals surface area contributed by atoms with E-state index in [0.717, 1.165) is 27.2 Å². The fraction of sp³-hybridized carbons (Fsp3) is 0.207. The maximum Gasteiger partial charge on any atom is 0.335 e. The van der Waals surface area contributed by atoms with Crippen LogP contribution in [0.2, 0.25) is 0 Å². The summed E-state index contributed by atoms with van der Waals surface area (Å²) in [4.78, 5) is 39.5. The molecule has 1 aliphatic rings. The number of barbiturate groups is 1. The average molecular weight is 563 g/mol. The predicted octanol–water partition coefficient (Wildman–Crippen LogP) is 6.02. The van der Waals surface area contributed by atoms with Gasteiger partial charge in [-0.05, 0) is 80.3 Å². The lowest BCUT2D eigenvalue weighted by molar-refractivity contribution is -0.122. The van der Waals surface area contributed by atoms with E-state index in [2.05, 4.69) is 21.2 Å². The highest BCUT2D eigenvalue weighted by Crippen LogP contribution is 2.36. The highest BCUT2D eigenvalue weighted by atomic mass is 79.9. The van der Waals surface area contributed by atoms with Gasteiger partial charge in [-0.15, -0.1) is 0 Å². The molecule has 0 unspecified atom stereocenters. The molecule has 7 nitrogen and oxygen atoms in total. The maximum absolute atomic E-state index is 13.3. The lowest BCUT2D eigenvalue weighted by Crippen LogP contribution is -2.54. The van der Waals surface area contributed by atoms with Gasteiger partial charge in [0.2, 0.25) is 0 Å².